The van der Waals surface area contributed by atoms with Crippen molar-refractivity contribution in [3.8, 4) is 0 Å². The van der Waals surface area contributed by atoms with Gasteiger partial charge in [-0.1, -0.05) is 48.5 Å². The number of benzene rings is 3. The molecule has 0 heterocycles. The number of nitro benzene ring substituents is 2. The van der Waals surface area contributed by atoms with E-state index in [1.165, 1.54) is 12.1 Å². The average molecular weight is 408 g/mol. The number of non-ortho nitro benzene ring substituents is 1. The number of rotatable bonds is 8. The molecule has 9 heteroatoms. The first-order valence-electron chi connectivity index (χ1n) is 8.53. The topological polar surface area (TPSA) is 111 Å². The van der Waals surface area contributed by atoms with Crippen molar-refractivity contribution in [2.45, 2.75) is 4.90 Å². The van der Waals surface area contributed by atoms with Crippen molar-refractivity contribution in [2.24, 2.45) is 5.10 Å². The molecule has 0 saturated heterocycles. The Bertz CT molecular complexity index is 1040. The van der Waals surface area contributed by atoms with Crippen molar-refractivity contribution in [1.82, 2.24) is 0 Å². The highest BCUT2D eigenvalue weighted by molar-refractivity contribution is 8.00. The minimum Gasteiger partial charge on any atom is -0.271 e. The van der Waals surface area contributed by atoms with Gasteiger partial charge in [-0.25, -0.2) is 0 Å². The smallest absolute Gasteiger partial charge is 0.271 e. The zero-order valence-electron chi connectivity index (χ0n) is 15.1. The Hall–Kier alpha value is -3.72. The number of nitrogens with one attached hydrogen (secondary N) is 1. The maximum Gasteiger partial charge on any atom is 0.301 e. The van der Waals surface area contributed by atoms with E-state index in [4.69, 9.17) is 0 Å². The van der Waals surface area contributed by atoms with E-state index >= 15 is 0 Å². The van der Waals surface area contributed by atoms with Crippen molar-refractivity contribution in [3.05, 3.63) is 105 Å². The summed E-state index contributed by atoms with van der Waals surface area (Å²) in [6.45, 7) is 0. The van der Waals surface area contributed by atoms with E-state index in [2.05, 4.69) is 10.5 Å². The van der Waals surface area contributed by atoms with Gasteiger partial charge in [0.1, 0.15) is 5.69 Å². The van der Waals surface area contributed by atoms with Crippen molar-refractivity contribution in [3.63, 3.8) is 0 Å². The quantitative estimate of drug-likeness (QED) is 0.240. The fourth-order valence-electron chi connectivity index (χ4n) is 2.49. The molecule has 0 spiro atoms. The van der Waals surface area contributed by atoms with Crippen molar-refractivity contribution in [1.29, 1.82) is 0 Å². The number of hydrogen-bond donors (Lipinski definition) is 1. The van der Waals surface area contributed by atoms with E-state index in [0.717, 1.165) is 16.5 Å². The number of anilines is 1. The van der Waals surface area contributed by atoms with Crippen LogP contribution in [0.25, 0.3) is 0 Å². The van der Waals surface area contributed by atoms with Crippen LogP contribution in [0.5, 0.6) is 0 Å². The van der Waals surface area contributed by atoms with E-state index in [1.807, 2.05) is 60.7 Å². The van der Waals surface area contributed by atoms with Crippen LogP contribution in [-0.2, 0) is 0 Å². The van der Waals surface area contributed by atoms with Crippen LogP contribution in [0, 0.1) is 20.2 Å². The Kier molecular flexibility index (Phi) is 6.54. The van der Waals surface area contributed by atoms with Crippen LogP contribution >= 0.6 is 11.8 Å². The second-order valence-corrected chi connectivity index (χ2v) is 6.90. The normalized spacial score (nSPS) is 11.1. The molecular formula is C20H16N4O4S. The molecule has 146 valence electrons. The minimum absolute atomic E-state index is 0.0822. The van der Waals surface area contributed by atoms with E-state index in [0.29, 0.717) is 11.5 Å². The molecule has 0 aliphatic heterocycles. The highest BCUT2D eigenvalue weighted by atomic mass is 32.2. The predicted molar refractivity (Wildman–Crippen MR) is 114 cm³/mol. The summed E-state index contributed by atoms with van der Waals surface area (Å²) in [7, 11) is 0. The molecule has 29 heavy (non-hydrogen) atoms. The highest BCUT2D eigenvalue weighted by Crippen LogP contribution is 2.29. The number of nitro groups is 2. The maximum atomic E-state index is 11.3. The summed E-state index contributed by atoms with van der Waals surface area (Å²) in [5.74, 6) is 0.530. The molecule has 3 rings (SSSR count). The SMILES string of the molecule is O=[N+]([O-])c1ccc(N/N=C(\CSc2ccccc2)c2ccccc2)c([N+](=O)[O-])c1. The summed E-state index contributed by atoms with van der Waals surface area (Å²) in [5.41, 5.74) is 3.58. The summed E-state index contributed by atoms with van der Waals surface area (Å²) < 4.78 is 0. The van der Waals surface area contributed by atoms with Crippen LogP contribution in [-0.4, -0.2) is 21.3 Å². The first-order chi connectivity index (χ1) is 14.0. The molecule has 0 aliphatic carbocycles. The summed E-state index contributed by atoms with van der Waals surface area (Å²) in [6, 6.07) is 22.7. The number of hydrazone groups is 1. The number of nitrogens with zero attached hydrogens (tertiary/aromatic N) is 3. The van der Waals surface area contributed by atoms with Crippen LogP contribution in [0.2, 0.25) is 0 Å². The van der Waals surface area contributed by atoms with Gasteiger partial charge in [0.2, 0.25) is 0 Å². The highest BCUT2D eigenvalue weighted by Gasteiger charge is 2.19. The van der Waals surface area contributed by atoms with Gasteiger partial charge in [-0.05, 0) is 23.8 Å². The standard InChI is InChI=1S/C20H16N4O4S/c25-23(26)16-11-12-18(20(13-16)24(27)28)21-22-19(15-7-3-1-4-8-15)14-29-17-9-5-2-6-10-17/h1-13,21H,14H2/b22-19+. The lowest BCUT2D eigenvalue weighted by Crippen LogP contribution is -2.08. The maximum absolute atomic E-state index is 11.3. The van der Waals surface area contributed by atoms with E-state index < -0.39 is 15.5 Å². The molecule has 0 aliphatic rings. The molecule has 8 nitrogen and oxygen atoms in total. The van der Waals surface area contributed by atoms with Crippen molar-refractivity contribution < 1.29 is 9.85 Å². The van der Waals surface area contributed by atoms with E-state index in [1.54, 1.807) is 11.8 Å². The van der Waals surface area contributed by atoms with Gasteiger partial charge in [0.15, 0.2) is 0 Å². The molecule has 0 unspecified atom stereocenters. The van der Waals surface area contributed by atoms with Gasteiger partial charge in [-0.15, -0.1) is 11.8 Å². The first kappa shape index (κ1) is 20.0. The van der Waals surface area contributed by atoms with Crippen LogP contribution < -0.4 is 5.43 Å². The predicted octanol–water partition coefficient (Wildman–Crippen LogP) is 5.11. The Balaban J connectivity index is 1.88. The second-order valence-electron chi connectivity index (χ2n) is 5.85. The lowest BCUT2D eigenvalue weighted by atomic mass is 10.1. The lowest BCUT2D eigenvalue weighted by Gasteiger charge is -2.09. The molecule has 0 amide bonds. The summed E-state index contributed by atoms with van der Waals surface area (Å²) >= 11 is 1.58. The molecule has 1 N–H and O–H groups in total. The Labute approximate surface area is 170 Å². The summed E-state index contributed by atoms with van der Waals surface area (Å²) in [5, 5.41) is 26.6. The zero-order valence-corrected chi connectivity index (χ0v) is 15.9. The Morgan fingerprint density at radius 2 is 1.55 bits per heavy atom. The third-order valence-electron chi connectivity index (χ3n) is 3.93. The van der Waals surface area contributed by atoms with Gasteiger partial charge < -0.3 is 0 Å². The summed E-state index contributed by atoms with van der Waals surface area (Å²) in [6.07, 6.45) is 0. The van der Waals surface area contributed by atoms with Crippen LogP contribution in [0.4, 0.5) is 17.1 Å². The van der Waals surface area contributed by atoms with Crippen LogP contribution in [0.15, 0.2) is 88.9 Å². The largest absolute Gasteiger partial charge is 0.301 e. The monoisotopic (exact) mass is 408 g/mol. The van der Waals surface area contributed by atoms with Gasteiger partial charge >= 0.3 is 5.69 Å². The first-order valence-corrected chi connectivity index (χ1v) is 9.52. The van der Waals surface area contributed by atoms with Gasteiger partial charge in [0.05, 0.1) is 21.6 Å². The molecule has 0 aromatic heterocycles. The van der Waals surface area contributed by atoms with Gasteiger partial charge in [0, 0.05) is 16.7 Å². The third-order valence-corrected chi connectivity index (χ3v) is 4.95. The molecule has 0 saturated carbocycles. The Morgan fingerprint density at radius 1 is 0.897 bits per heavy atom. The fraction of sp³-hybridized carbons (Fsp3) is 0.0500. The van der Waals surface area contributed by atoms with Crippen LogP contribution in [0.1, 0.15) is 5.56 Å². The van der Waals surface area contributed by atoms with E-state index in [9.17, 15) is 20.2 Å². The summed E-state index contributed by atoms with van der Waals surface area (Å²) in [4.78, 5) is 21.9. The second kappa shape index (κ2) is 9.47. The molecule has 0 fully saturated rings. The molecular weight excluding hydrogens is 392 g/mol. The third kappa shape index (κ3) is 5.39. The minimum atomic E-state index is -0.675. The van der Waals surface area contributed by atoms with Gasteiger partial charge in [-0.3, -0.25) is 25.7 Å². The zero-order chi connectivity index (χ0) is 20.6. The fourth-order valence-corrected chi connectivity index (χ4v) is 3.37. The van der Waals surface area contributed by atoms with Crippen molar-refractivity contribution >= 4 is 34.5 Å². The molecule has 0 bridgehead atoms. The number of hydrogen-bond acceptors (Lipinski definition) is 7. The Morgan fingerprint density at radius 3 is 2.17 bits per heavy atom. The molecule has 0 radical (unpaired) electrons. The molecule has 3 aromatic rings. The van der Waals surface area contributed by atoms with Crippen molar-refractivity contribution in [2.75, 3.05) is 11.2 Å². The average Bonchev–Trinajstić information content (AvgIpc) is 2.75. The lowest BCUT2D eigenvalue weighted by molar-refractivity contribution is -0.393. The molecule has 0 atom stereocenters. The van der Waals surface area contributed by atoms with E-state index in [-0.39, 0.29) is 11.4 Å². The number of thioether (sulfide) groups is 1. The van der Waals surface area contributed by atoms with Gasteiger partial charge in [0.25, 0.3) is 5.69 Å². The van der Waals surface area contributed by atoms with Crippen LogP contribution in [0.3, 0.4) is 0 Å². The van der Waals surface area contributed by atoms with Gasteiger partial charge in [-0.2, -0.15) is 5.10 Å². The molecule has 3 aromatic carbocycles.